The first-order valence-electron chi connectivity index (χ1n) is 9.12. The third kappa shape index (κ3) is 2.71. The summed E-state index contributed by atoms with van der Waals surface area (Å²) in [5.41, 5.74) is 2.25. The topological polar surface area (TPSA) is 87.5 Å². The number of aromatic nitrogens is 3. The van der Waals surface area contributed by atoms with Gasteiger partial charge in [-0.1, -0.05) is 13.8 Å². The number of hydrogen-bond donors (Lipinski definition) is 1. The normalized spacial score (nSPS) is 20.2. The van der Waals surface area contributed by atoms with Crippen LogP contribution in [0.25, 0.3) is 0 Å². The largest absolute Gasteiger partial charge is 0.493 e. The second kappa shape index (κ2) is 6.54. The van der Waals surface area contributed by atoms with Gasteiger partial charge in [-0.25, -0.2) is 4.68 Å². The number of allylic oxidation sites excluding steroid dienone is 2. The van der Waals surface area contributed by atoms with Crippen molar-refractivity contribution < 1.29 is 19.0 Å². The van der Waals surface area contributed by atoms with E-state index in [1.807, 2.05) is 12.1 Å². The minimum absolute atomic E-state index is 0.0988. The number of hydrogen-bond acceptors (Lipinski definition) is 7. The van der Waals surface area contributed by atoms with Crippen LogP contribution in [0, 0.1) is 5.41 Å². The molecule has 8 nitrogen and oxygen atoms in total. The lowest BCUT2D eigenvalue weighted by molar-refractivity contribution is -0.118. The van der Waals surface area contributed by atoms with E-state index in [2.05, 4.69) is 29.2 Å². The molecule has 0 radical (unpaired) electrons. The maximum Gasteiger partial charge on any atom is 0.226 e. The van der Waals surface area contributed by atoms with Crippen LogP contribution in [0.4, 0.5) is 5.95 Å². The third-order valence-corrected chi connectivity index (χ3v) is 5.30. The molecule has 8 heteroatoms. The maximum absolute atomic E-state index is 13.2. The Kier molecular flexibility index (Phi) is 4.28. The van der Waals surface area contributed by atoms with Crippen molar-refractivity contribution in [2.75, 3.05) is 26.6 Å². The van der Waals surface area contributed by atoms with Crippen molar-refractivity contribution in [3.8, 4) is 17.2 Å². The Morgan fingerprint density at radius 2 is 1.86 bits per heavy atom. The van der Waals surface area contributed by atoms with Gasteiger partial charge in [0.25, 0.3) is 0 Å². The summed E-state index contributed by atoms with van der Waals surface area (Å²) < 4.78 is 18.4. The van der Waals surface area contributed by atoms with E-state index in [1.165, 1.54) is 6.33 Å². The van der Waals surface area contributed by atoms with Crippen LogP contribution < -0.4 is 19.5 Å². The number of nitrogens with zero attached hydrogens (tertiary/aromatic N) is 3. The second-order valence-electron chi connectivity index (χ2n) is 7.81. The number of nitrogens with one attached hydrogen (secondary N) is 1. The molecule has 1 aromatic carbocycles. The first kappa shape index (κ1) is 18.3. The number of carbonyl (C=O) groups excluding carboxylic acids is 1. The zero-order valence-corrected chi connectivity index (χ0v) is 16.7. The highest BCUT2D eigenvalue weighted by Gasteiger charge is 2.42. The SMILES string of the molecule is COc1ccc([C@@H]2C3=C(CC(C)(C)CC3=O)Nc3ncnn32)c(OC)c1OC. The summed E-state index contributed by atoms with van der Waals surface area (Å²) in [4.78, 5) is 17.5. The van der Waals surface area contributed by atoms with Gasteiger partial charge in [0, 0.05) is 23.3 Å². The van der Waals surface area contributed by atoms with E-state index >= 15 is 0 Å². The predicted octanol–water partition coefficient (Wildman–Crippen LogP) is 2.96. The summed E-state index contributed by atoms with van der Waals surface area (Å²) in [6.45, 7) is 4.20. The van der Waals surface area contributed by atoms with Crippen molar-refractivity contribution in [3.63, 3.8) is 0 Å². The molecule has 2 aliphatic rings. The number of benzene rings is 1. The summed E-state index contributed by atoms with van der Waals surface area (Å²) >= 11 is 0. The number of carbonyl (C=O) groups is 1. The van der Waals surface area contributed by atoms with Gasteiger partial charge in [0.2, 0.25) is 11.7 Å². The highest BCUT2D eigenvalue weighted by atomic mass is 16.5. The van der Waals surface area contributed by atoms with Gasteiger partial charge < -0.3 is 19.5 Å². The van der Waals surface area contributed by atoms with Crippen molar-refractivity contribution >= 4 is 11.7 Å². The summed E-state index contributed by atoms with van der Waals surface area (Å²) in [6.07, 6.45) is 2.72. The fourth-order valence-electron chi connectivity index (χ4n) is 4.18. The number of Topliss-reactive ketones (excluding diaryl/α,β-unsaturated/α-hetero) is 1. The number of methoxy groups -OCH3 is 3. The van der Waals surface area contributed by atoms with Gasteiger partial charge in [0.1, 0.15) is 12.4 Å². The van der Waals surface area contributed by atoms with Crippen LogP contribution in [-0.2, 0) is 4.79 Å². The Labute approximate surface area is 163 Å². The van der Waals surface area contributed by atoms with Crippen LogP contribution in [0.15, 0.2) is 29.7 Å². The Hall–Kier alpha value is -3.03. The number of ether oxygens (including phenoxy) is 3. The molecule has 0 saturated carbocycles. The molecule has 28 heavy (non-hydrogen) atoms. The van der Waals surface area contributed by atoms with Gasteiger partial charge in [-0.05, 0) is 24.0 Å². The molecule has 1 aliphatic heterocycles. The number of fused-ring (bicyclic) bond motifs is 1. The van der Waals surface area contributed by atoms with Gasteiger partial charge in [0.05, 0.1) is 21.3 Å². The lowest BCUT2D eigenvalue weighted by atomic mass is 9.73. The van der Waals surface area contributed by atoms with Crippen LogP contribution in [-0.4, -0.2) is 41.9 Å². The quantitative estimate of drug-likeness (QED) is 0.867. The molecular weight excluding hydrogens is 360 g/mol. The smallest absolute Gasteiger partial charge is 0.226 e. The molecule has 0 amide bonds. The Morgan fingerprint density at radius 3 is 2.54 bits per heavy atom. The van der Waals surface area contributed by atoms with Crippen molar-refractivity contribution in [2.24, 2.45) is 5.41 Å². The summed E-state index contributed by atoms with van der Waals surface area (Å²) in [5, 5.41) is 7.68. The number of rotatable bonds is 4. The molecule has 2 heterocycles. The van der Waals surface area contributed by atoms with Gasteiger partial charge in [-0.15, -0.1) is 0 Å². The molecule has 0 fully saturated rings. The van der Waals surface area contributed by atoms with E-state index in [1.54, 1.807) is 26.0 Å². The summed E-state index contributed by atoms with van der Waals surface area (Å²) in [5.74, 6) is 2.25. The van der Waals surface area contributed by atoms with Crippen molar-refractivity contribution in [1.82, 2.24) is 14.8 Å². The van der Waals surface area contributed by atoms with E-state index in [9.17, 15) is 4.79 Å². The zero-order valence-electron chi connectivity index (χ0n) is 16.7. The average molecular weight is 384 g/mol. The number of anilines is 1. The molecule has 4 rings (SSSR count). The highest BCUT2D eigenvalue weighted by Crippen LogP contribution is 2.50. The van der Waals surface area contributed by atoms with Crippen LogP contribution in [0.5, 0.6) is 17.2 Å². The fourth-order valence-corrected chi connectivity index (χ4v) is 4.18. The van der Waals surface area contributed by atoms with Crippen LogP contribution >= 0.6 is 0 Å². The molecular formula is C20H24N4O4. The lowest BCUT2D eigenvalue weighted by Crippen LogP contribution is -2.36. The molecule has 1 atom stereocenters. The minimum Gasteiger partial charge on any atom is -0.493 e. The zero-order chi connectivity index (χ0) is 20.1. The Morgan fingerprint density at radius 1 is 1.11 bits per heavy atom. The molecule has 0 unspecified atom stereocenters. The maximum atomic E-state index is 13.2. The molecule has 1 N–H and O–H groups in total. The first-order valence-corrected chi connectivity index (χ1v) is 9.12. The van der Waals surface area contributed by atoms with E-state index in [-0.39, 0.29) is 11.2 Å². The second-order valence-corrected chi connectivity index (χ2v) is 7.81. The van der Waals surface area contributed by atoms with Gasteiger partial charge in [-0.3, -0.25) is 4.79 Å². The Balaban J connectivity index is 1.96. The third-order valence-electron chi connectivity index (χ3n) is 5.30. The number of ketones is 1. The average Bonchev–Trinajstić information content (AvgIpc) is 3.12. The van der Waals surface area contributed by atoms with E-state index in [0.29, 0.717) is 35.2 Å². The van der Waals surface area contributed by atoms with Gasteiger partial charge in [-0.2, -0.15) is 10.1 Å². The van der Waals surface area contributed by atoms with Crippen molar-refractivity contribution in [3.05, 3.63) is 35.3 Å². The van der Waals surface area contributed by atoms with Crippen LogP contribution in [0.1, 0.15) is 38.3 Å². The van der Waals surface area contributed by atoms with E-state index in [4.69, 9.17) is 14.2 Å². The lowest BCUT2D eigenvalue weighted by Gasteiger charge is -2.38. The van der Waals surface area contributed by atoms with E-state index < -0.39 is 6.04 Å². The molecule has 1 aromatic heterocycles. The van der Waals surface area contributed by atoms with Crippen LogP contribution in [0.3, 0.4) is 0 Å². The molecule has 0 bridgehead atoms. The summed E-state index contributed by atoms with van der Waals surface area (Å²) in [6, 6.07) is 3.25. The predicted molar refractivity (Wildman–Crippen MR) is 103 cm³/mol. The monoisotopic (exact) mass is 384 g/mol. The fraction of sp³-hybridized carbons (Fsp3) is 0.450. The summed E-state index contributed by atoms with van der Waals surface area (Å²) in [7, 11) is 4.71. The first-order chi connectivity index (χ1) is 13.4. The van der Waals surface area contributed by atoms with Crippen molar-refractivity contribution in [2.45, 2.75) is 32.7 Å². The molecule has 0 spiro atoms. The standard InChI is InChI=1S/C20H24N4O4/c1-20(2)8-12-15(13(25)9-20)16(24-19(23-12)21-10-22-24)11-6-7-14(26-3)18(28-5)17(11)27-4/h6-7,10,16H,8-9H2,1-5H3,(H,21,22,23)/t16-/m1/s1. The van der Waals surface area contributed by atoms with Gasteiger partial charge in [0.15, 0.2) is 17.3 Å². The molecule has 148 valence electrons. The minimum atomic E-state index is -0.452. The van der Waals surface area contributed by atoms with Gasteiger partial charge >= 0.3 is 0 Å². The Bertz CT molecular complexity index is 977. The molecule has 0 saturated heterocycles. The van der Waals surface area contributed by atoms with Crippen molar-refractivity contribution in [1.29, 1.82) is 0 Å². The molecule has 1 aliphatic carbocycles. The highest BCUT2D eigenvalue weighted by molar-refractivity contribution is 6.00. The van der Waals surface area contributed by atoms with Crippen LogP contribution in [0.2, 0.25) is 0 Å². The molecule has 2 aromatic rings. The van der Waals surface area contributed by atoms with E-state index in [0.717, 1.165) is 17.7 Å².